The molecule has 0 aromatic heterocycles. The van der Waals surface area contributed by atoms with E-state index in [1.54, 1.807) is 6.92 Å². The molecule has 0 spiro atoms. The lowest BCUT2D eigenvalue weighted by atomic mass is 9.83. The van der Waals surface area contributed by atoms with Crippen LogP contribution < -0.4 is 5.73 Å². The van der Waals surface area contributed by atoms with Crippen LogP contribution >= 0.6 is 0 Å². The summed E-state index contributed by atoms with van der Waals surface area (Å²) in [5.74, 6) is 0.827. The molecule has 2 aliphatic heterocycles. The smallest absolute Gasteiger partial charge is 0.239 e. The standard InChI is InChI=1S/C14H25N3O/c1-10(15)14(18)16-8-6-13-11(9-16)3-2-7-17(13)12-4-5-12/h10-13H,2-9,15H2,1H3/t10-,11?,13?/m1/s1. The normalized spacial score (nSPS) is 35.1. The summed E-state index contributed by atoms with van der Waals surface area (Å²) < 4.78 is 0. The number of nitrogens with two attached hydrogens (primary N) is 1. The van der Waals surface area contributed by atoms with Gasteiger partial charge in [0.05, 0.1) is 6.04 Å². The molecular formula is C14H25N3O. The monoisotopic (exact) mass is 251 g/mol. The van der Waals surface area contributed by atoms with E-state index in [0.29, 0.717) is 5.92 Å². The van der Waals surface area contributed by atoms with E-state index < -0.39 is 0 Å². The van der Waals surface area contributed by atoms with Gasteiger partial charge in [0, 0.05) is 25.2 Å². The highest BCUT2D eigenvalue weighted by Crippen LogP contribution is 2.38. The largest absolute Gasteiger partial charge is 0.341 e. The minimum Gasteiger partial charge on any atom is -0.341 e. The lowest BCUT2D eigenvalue weighted by Crippen LogP contribution is -2.57. The van der Waals surface area contributed by atoms with Crippen molar-refractivity contribution in [2.75, 3.05) is 19.6 Å². The van der Waals surface area contributed by atoms with Gasteiger partial charge in [0.25, 0.3) is 0 Å². The van der Waals surface area contributed by atoms with Crippen LogP contribution in [0.1, 0.15) is 39.0 Å². The van der Waals surface area contributed by atoms with Gasteiger partial charge in [-0.05, 0) is 51.5 Å². The molecule has 1 saturated carbocycles. The SMILES string of the molecule is C[C@@H](N)C(=O)N1CCC2C(CCCN2C2CC2)C1. The van der Waals surface area contributed by atoms with Gasteiger partial charge in [-0.1, -0.05) is 0 Å². The number of rotatable bonds is 2. The maximum absolute atomic E-state index is 12.0. The van der Waals surface area contributed by atoms with Crippen molar-refractivity contribution in [1.29, 1.82) is 0 Å². The van der Waals surface area contributed by atoms with Crippen molar-refractivity contribution >= 4 is 5.91 Å². The summed E-state index contributed by atoms with van der Waals surface area (Å²) in [6.45, 7) is 4.93. The van der Waals surface area contributed by atoms with E-state index in [1.807, 2.05) is 4.90 Å². The second-order valence-corrected chi connectivity index (χ2v) is 6.30. The molecule has 1 amide bonds. The molecule has 4 heteroatoms. The van der Waals surface area contributed by atoms with Gasteiger partial charge in [-0.15, -0.1) is 0 Å². The highest BCUT2D eigenvalue weighted by atomic mass is 16.2. The zero-order valence-corrected chi connectivity index (χ0v) is 11.3. The van der Waals surface area contributed by atoms with E-state index in [1.165, 1.54) is 32.2 Å². The molecule has 0 aromatic rings. The van der Waals surface area contributed by atoms with Crippen molar-refractivity contribution in [2.24, 2.45) is 11.7 Å². The number of piperidine rings is 2. The number of hydrogen-bond acceptors (Lipinski definition) is 3. The third-order valence-electron chi connectivity index (χ3n) is 4.83. The van der Waals surface area contributed by atoms with Crippen LogP contribution in [-0.4, -0.2) is 53.5 Å². The Morgan fingerprint density at radius 1 is 1.22 bits per heavy atom. The van der Waals surface area contributed by atoms with E-state index in [0.717, 1.165) is 31.6 Å². The second kappa shape index (κ2) is 4.82. The molecule has 102 valence electrons. The van der Waals surface area contributed by atoms with Gasteiger partial charge in [0.2, 0.25) is 5.91 Å². The highest BCUT2D eigenvalue weighted by Gasteiger charge is 2.42. The van der Waals surface area contributed by atoms with E-state index in [9.17, 15) is 4.79 Å². The van der Waals surface area contributed by atoms with E-state index in [4.69, 9.17) is 5.73 Å². The Bertz CT molecular complexity index is 327. The van der Waals surface area contributed by atoms with Gasteiger partial charge in [-0.25, -0.2) is 0 Å². The summed E-state index contributed by atoms with van der Waals surface area (Å²) in [7, 11) is 0. The van der Waals surface area contributed by atoms with Crippen LogP contribution in [0.2, 0.25) is 0 Å². The minimum atomic E-state index is -0.343. The predicted octanol–water partition coefficient (Wildman–Crippen LogP) is 0.809. The Kier molecular flexibility index (Phi) is 3.32. The van der Waals surface area contributed by atoms with Crippen LogP contribution in [0.5, 0.6) is 0 Å². The highest BCUT2D eigenvalue weighted by molar-refractivity contribution is 5.81. The van der Waals surface area contributed by atoms with Gasteiger partial charge in [-0.2, -0.15) is 0 Å². The number of hydrogen-bond donors (Lipinski definition) is 1. The van der Waals surface area contributed by atoms with Gasteiger partial charge in [0.1, 0.15) is 0 Å². The summed E-state index contributed by atoms with van der Waals surface area (Å²) in [4.78, 5) is 16.7. The van der Waals surface area contributed by atoms with Gasteiger partial charge >= 0.3 is 0 Å². The molecule has 2 N–H and O–H groups in total. The Hall–Kier alpha value is -0.610. The average Bonchev–Trinajstić information content (AvgIpc) is 3.20. The molecule has 3 fully saturated rings. The van der Waals surface area contributed by atoms with Crippen molar-refractivity contribution in [1.82, 2.24) is 9.80 Å². The van der Waals surface area contributed by atoms with Crippen LogP contribution in [0.4, 0.5) is 0 Å². The number of carbonyl (C=O) groups excluding carboxylic acids is 1. The zero-order chi connectivity index (χ0) is 12.7. The van der Waals surface area contributed by atoms with Crippen LogP contribution in [0, 0.1) is 5.92 Å². The molecule has 18 heavy (non-hydrogen) atoms. The minimum absolute atomic E-state index is 0.136. The molecule has 3 rings (SSSR count). The fraction of sp³-hybridized carbons (Fsp3) is 0.929. The first-order chi connectivity index (χ1) is 8.66. The number of carbonyl (C=O) groups is 1. The number of likely N-dealkylation sites (tertiary alicyclic amines) is 2. The molecule has 2 heterocycles. The lowest BCUT2D eigenvalue weighted by Gasteiger charge is -2.47. The van der Waals surface area contributed by atoms with Crippen LogP contribution in [0.3, 0.4) is 0 Å². The van der Waals surface area contributed by atoms with Crippen LogP contribution in [-0.2, 0) is 4.79 Å². The topological polar surface area (TPSA) is 49.6 Å². The molecule has 3 aliphatic rings. The van der Waals surface area contributed by atoms with Gasteiger partial charge in [0.15, 0.2) is 0 Å². The molecule has 0 radical (unpaired) electrons. The maximum atomic E-state index is 12.0. The van der Waals surface area contributed by atoms with E-state index >= 15 is 0 Å². The Morgan fingerprint density at radius 3 is 2.67 bits per heavy atom. The summed E-state index contributed by atoms with van der Waals surface area (Å²) in [6, 6.07) is 1.27. The fourth-order valence-electron chi connectivity index (χ4n) is 3.79. The molecule has 2 saturated heterocycles. The van der Waals surface area contributed by atoms with Crippen molar-refractivity contribution in [2.45, 2.75) is 57.2 Å². The summed E-state index contributed by atoms with van der Waals surface area (Å²) >= 11 is 0. The Balaban J connectivity index is 1.64. The summed E-state index contributed by atoms with van der Waals surface area (Å²) in [5.41, 5.74) is 5.72. The lowest BCUT2D eigenvalue weighted by molar-refractivity contribution is -0.136. The number of nitrogens with zero attached hydrogens (tertiary/aromatic N) is 2. The third-order valence-corrected chi connectivity index (χ3v) is 4.83. The molecule has 1 aliphatic carbocycles. The van der Waals surface area contributed by atoms with Crippen molar-refractivity contribution < 1.29 is 4.79 Å². The van der Waals surface area contributed by atoms with Crippen LogP contribution in [0.15, 0.2) is 0 Å². The second-order valence-electron chi connectivity index (χ2n) is 6.30. The average molecular weight is 251 g/mol. The molecule has 3 atom stereocenters. The van der Waals surface area contributed by atoms with Crippen molar-refractivity contribution in [3.05, 3.63) is 0 Å². The number of amides is 1. The Morgan fingerprint density at radius 2 is 2.00 bits per heavy atom. The fourth-order valence-corrected chi connectivity index (χ4v) is 3.79. The van der Waals surface area contributed by atoms with Crippen molar-refractivity contribution in [3.63, 3.8) is 0 Å². The molecule has 4 nitrogen and oxygen atoms in total. The maximum Gasteiger partial charge on any atom is 0.239 e. The van der Waals surface area contributed by atoms with E-state index in [2.05, 4.69) is 4.90 Å². The first-order valence-corrected chi connectivity index (χ1v) is 7.47. The predicted molar refractivity (Wildman–Crippen MR) is 71.1 cm³/mol. The first-order valence-electron chi connectivity index (χ1n) is 7.47. The zero-order valence-electron chi connectivity index (χ0n) is 11.3. The molecule has 0 aromatic carbocycles. The van der Waals surface area contributed by atoms with Crippen LogP contribution in [0.25, 0.3) is 0 Å². The molecular weight excluding hydrogens is 226 g/mol. The summed E-state index contributed by atoms with van der Waals surface area (Å²) in [5, 5.41) is 0. The number of fused-ring (bicyclic) bond motifs is 1. The first kappa shape index (κ1) is 12.4. The summed E-state index contributed by atoms with van der Waals surface area (Å²) in [6.07, 6.45) is 6.53. The van der Waals surface area contributed by atoms with E-state index in [-0.39, 0.29) is 11.9 Å². The molecule has 2 unspecified atom stereocenters. The van der Waals surface area contributed by atoms with Crippen molar-refractivity contribution in [3.8, 4) is 0 Å². The van der Waals surface area contributed by atoms with Gasteiger partial charge < -0.3 is 10.6 Å². The molecule has 0 bridgehead atoms. The third kappa shape index (κ3) is 2.28. The quantitative estimate of drug-likeness (QED) is 0.790. The van der Waals surface area contributed by atoms with Gasteiger partial charge in [-0.3, -0.25) is 9.69 Å². The Labute approximate surface area is 109 Å².